The highest BCUT2D eigenvalue weighted by Crippen LogP contribution is 2.66. The van der Waals surface area contributed by atoms with E-state index in [1.54, 1.807) is 0 Å². The lowest BCUT2D eigenvalue weighted by Gasteiger charge is -2.38. The molecule has 0 aromatic heterocycles. The molecule has 0 heterocycles. The molecular weight excluding hydrogens is 172 g/mol. The van der Waals surface area contributed by atoms with Crippen LogP contribution in [0.3, 0.4) is 0 Å². The van der Waals surface area contributed by atoms with Gasteiger partial charge in [-0.05, 0) is 37.5 Å². The number of ether oxygens (including phenoxy) is 1. The smallest absolute Gasteiger partial charge is 0.104 e. The first kappa shape index (κ1) is 10.1. The Balaban J connectivity index is 2.18. The van der Waals surface area contributed by atoms with Crippen LogP contribution in [0.15, 0.2) is 12.3 Å². The quantitative estimate of drug-likeness (QED) is 0.608. The fourth-order valence-electron chi connectivity index (χ4n) is 3.51. The van der Waals surface area contributed by atoms with Crippen LogP contribution in [-0.2, 0) is 4.74 Å². The van der Waals surface area contributed by atoms with Crippen LogP contribution in [0.2, 0.25) is 0 Å². The van der Waals surface area contributed by atoms with Crippen molar-refractivity contribution in [1.29, 1.82) is 0 Å². The summed E-state index contributed by atoms with van der Waals surface area (Å²) in [4.78, 5) is 0. The molecule has 0 amide bonds. The molecule has 0 aromatic rings. The van der Waals surface area contributed by atoms with E-state index >= 15 is 0 Å². The Kier molecular flexibility index (Phi) is 2.17. The van der Waals surface area contributed by atoms with Crippen LogP contribution in [0, 0.1) is 16.7 Å². The molecule has 2 bridgehead atoms. The molecule has 2 rings (SSSR count). The molecule has 2 saturated carbocycles. The van der Waals surface area contributed by atoms with Crippen LogP contribution >= 0.6 is 0 Å². The van der Waals surface area contributed by atoms with Crippen molar-refractivity contribution >= 4 is 0 Å². The van der Waals surface area contributed by atoms with Crippen LogP contribution in [0.4, 0.5) is 0 Å². The first-order valence-electron chi connectivity index (χ1n) is 5.79. The third-order valence-electron chi connectivity index (χ3n) is 5.09. The molecule has 0 spiro atoms. The lowest BCUT2D eigenvalue weighted by molar-refractivity contribution is 0.00127. The van der Waals surface area contributed by atoms with E-state index in [9.17, 15) is 0 Å². The van der Waals surface area contributed by atoms with Crippen LogP contribution in [-0.4, -0.2) is 6.10 Å². The van der Waals surface area contributed by atoms with Gasteiger partial charge in [0.25, 0.3) is 0 Å². The molecule has 1 nitrogen and oxygen atoms in total. The van der Waals surface area contributed by atoms with E-state index in [0.29, 0.717) is 16.9 Å². The zero-order chi connectivity index (χ0) is 10.4. The molecule has 3 atom stereocenters. The summed E-state index contributed by atoms with van der Waals surface area (Å²) < 4.78 is 5.84. The lowest BCUT2D eigenvalue weighted by atomic mass is 9.70. The van der Waals surface area contributed by atoms with E-state index in [-0.39, 0.29) is 0 Å². The first-order valence-corrected chi connectivity index (χ1v) is 5.79. The van der Waals surface area contributed by atoms with Gasteiger partial charge in [0.15, 0.2) is 0 Å². The van der Waals surface area contributed by atoms with Gasteiger partial charge in [-0.25, -0.2) is 0 Å². The van der Waals surface area contributed by atoms with Crippen molar-refractivity contribution in [3.05, 3.63) is 12.3 Å². The van der Waals surface area contributed by atoms with Gasteiger partial charge in [0.1, 0.15) is 6.10 Å². The van der Waals surface area contributed by atoms with Crippen LogP contribution in [0.25, 0.3) is 0 Å². The van der Waals surface area contributed by atoms with Gasteiger partial charge in [0.05, 0.1) is 6.26 Å². The number of allylic oxidation sites excluding steroid dienone is 1. The number of hydrogen-bond acceptors (Lipinski definition) is 1. The van der Waals surface area contributed by atoms with E-state index in [1.807, 2.05) is 19.3 Å². The Bertz CT molecular complexity index is 254. The van der Waals surface area contributed by atoms with Gasteiger partial charge in [0.2, 0.25) is 0 Å². The Morgan fingerprint density at radius 2 is 2.00 bits per heavy atom. The Hall–Kier alpha value is -0.460. The molecule has 0 aliphatic heterocycles. The summed E-state index contributed by atoms with van der Waals surface area (Å²) in [5, 5.41) is 0. The van der Waals surface area contributed by atoms with Gasteiger partial charge in [0, 0.05) is 5.41 Å². The third kappa shape index (κ3) is 1.07. The second-order valence-electron chi connectivity index (χ2n) is 5.70. The number of hydrogen-bond donors (Lipinski definition) is 0. The molecule has 2 aliphatic rings. The van der Waals surface area contributed by atoms with E-state index in [4.69, 9.17) is 4.74 Å². The standard InChI is InChI=1S/C13H22O/c1-5-8-14-11-9-10-6-7-13(11,4)12(10,2)3/h5,8,10-11H,6-7,9H2,1-4H3/b8-5-/t10-,11+,13+/m1/s1. The largest absolute Gasteiger partial charge is 0.498 e. The second kappa shape index (κ2) is 3.01. The average molecular weight is 194 g/mol. The average Bonchev–Trinajstić information content (AvgIpc) is 2.46. The van der Waals surface area contributed by atoms with Gasteiger partial charge in [-0.2, -0.15) is 0 Å². The first-order chi connectivity index (χ1) is 6.52. The topological polar surface area (TPSA) is 9.23 Å². The van der Waals surface area contributed by atoms with Gasteiger partial charge in [-0.15, -0.1) is 0 Å². The SMILES string of the molecule is C/C=C\O[C@H]1C[C@H]2CC[C@]1(C)C2(C)C. The molecule has 0 radical (unpaired) electrons. The summed E-state index contributed by atoms with van der Waals surface area (Å²) in [6, 6.07) is 0. The number of rotatable bonds is 2. The Morgan fingerprint density at radius 1 is 1.29 bits per heavy atom. The molecule has 1 heteroatoms. The molecule has 2 aliphatic carbocycles. The Labute approximate surface area is 87.5 Å². The van der Waals surface area contributed by atoms with Crippen molar-refractivity contribution in [2.75, 3.05) is 0 Å². The third-order valence-corrected chi connectivity index (χ3v) is 5.09. The predicted octanol–water partition coefficient (Wildman–Crippen LogP) is 3.75. The van der Waals surface area contributed by atoms with Crippen LogP contribution < -0.4 is 0 Å². The number of fused-ring (bicyclic) bond motifs is 2. The fourth-order valence-corrected chi connectivity index (χ4v) is 3.51. The van der Waals surface area contributed by atoms with Crippen molar-refractivity contribution in [3.8, 4) is 0 Å². The highest BCUT2D eigenvalue weighted by molar-refractivity contribution is 5.11. The molecule has 0 aromatic carbocycles. The molecule has 80 valence electrons. The van der Waals surface area contributed by atoms with E-state index in [1.165, 1.54) is 19.3 Å². The minimum absolute atomic E-state index is 0.400. The monoisotopic (exact) mass is 194 g/mol. The molecular formula is C13H22O. The summed E-state index contributed by atoms with van der Waals surface area (Å²) in [6.45, 7) is 9.27. The highest BCUT2D eigenvalue weighted by Gasteiger charge is 2.62. The van der Waals surface area contributed by atoms with E-state index in [2.05, 4.69) is 20.8 Å². The predicted molar refractivity (Wildman–Crippen MR) is 58.9 cm³/mol. The van der Waals surface area contributed by atoms with Crippen molar-refractivity contribution in [3.63, 3.8) is 0 Å². The summed E-state index contributed by atoms with van der Waals surface area (Å²) in [6.07, 6.45) is 8.31. The van der Waals surface area contributed by atoms with Gasteiger partial charge < -0.3 is 4.74 Å². The summed E-state index contributed by atoms with van der Waals surface area (Å²) >= 11 is 0. The van der Waals surface area contributed by atoms with Crippen molar-refractivity contribution < 1.29 is 4.74 Å². The van der Waals surface area contributed by atoms with Crippen LogP contribution in [0.5, 0.6) is 0 Å². The van der Waals surface area contributed by atoms with Crippen LogP contribution in [0.1, 0.15) is 47.0 Å². The fraction of sp³-hybridized carbons (Fsp3) is 0.846. The second-order valence-corrected chi connectivity index (χ2v) is 5.70. The summed E-state index contributed by atoms with van der Waals surface area (Å²) in [7, 11) is 0. The molecule has 0 saturated heterocycles. The lowest BCUT2D eigenvalue weighted by Crippen LogP contribution is -2.36. The van der Waals surface area contributed by atoms with E-state index < -0.39 is 0 Å². The molecule has 0 N–H and O–H groups in total. The maximum Gasteiger partial charge on any atom is 0.104 e. The molecule has 2 fully saturated rings. The Morgan fingerprint density at radius 3 is 2.43 bits per heavy atom. The zero-order valence-electron chi connectivity index (χ0n) is 9.84. The van der Waals surface area contributed by atoms with E-state index in [0.717, 1.165) is 5.92 Å². The van der Waals surface area contributed by atoms with Gasteiger partial charge >= 0.3 is 0 Å². The summed E-state index contributed by atoms with van der Waals surface area (Å²) in [5.41, 5.74) is 0.871. The maximum atomic E-state index is 5.84. The normalized spacial score (nSPS) is 44.9. The van der Waals surface area contributed by atoms with Gasteiger partial charge in [-0.1, -0.05) is 26.8 Å². The molecule has 14 heavy (non-hydrogen) atoms. The zero-order valence-corrected chi connectivity index (χ0v) is 9.84. The van der Waals surface area contributed by atoms with Crippen molar-refractivity contribution in [2.45, 2.75) is 53.1 Å². The minimum atomic E-state index is 0.400. The van der Waals surface area contributed by atoms with Gasteiger partial charge in [-0.3, -0.25) is 0 Å². The van der Waals surface area contributed by atoms with Crippen molar-refractivity contribution in [1.82, 2.24) is 0 Å². The maximum absolute atomic E-state index is 5.84. The van der Waals surface area contributed by atoms with Crippen molar-refractivity contribution in [2.24, 2.45) is 16.7 Å². The molecule has 0 unspecified atom stereocenters. The minimum Gasteiger partial charge on any atom is -0.498 e. The highest BCUT2D eigenvalue weighted by atomic mass is 16.5. The summed E-state index contributed by atoms with van der Waals surface area (Å²) in [5.74, 6) is 0.878.